The number of nitrogens with zero attached hydrogens (tertiary/aromatic N) is 1. The Bertz CT molecular complexity index is 213. The van der Waals surface area contributed by atoms with Crippen molar-refractivity contribution in [3.05, 3.63) is 0 Å². The third-order valence-corrected chi connectivity index (χ3v) is 3.68. The van der Waals surface area contributed by atoms with Crippen LogP contribution in [0, 0.1) is 5.92 Å². The van der Waals surface area contributed by atoms with E-state index in [1.54, 1.807) is 0 Å². The quantitative estimate of drug-likeness (QED) is 0.602. The Morgan fingerprint density at radius 3 is 2.50 bits per heavy atom. The van der Waals surface area contributed by atoms with Crippen LogP contribution >= 0.6 is 0 Å². The largest absolute Gasteiger partial charge is 0.317 e. The molecule has 0 saturated carbocycles. The molecule has 2 aliphatic rings. The highest BCUT2D eigenvalue weighted by Crippen LogP contribution is 2.20. The first-order valence-electron chi connectivity index (χ1n) is 7.17. The van der Waals surface area contributed by atoms with Crippen molar-refractivity contribution in [3.63, 3.8) is 0 Å². The van der Waals surface area contributed by atoms with Crippen molar-refractivity contribution in [2.75, 3.05) is 32.7 Å². The predicted molar refractivity (Wildman–Crippen MR) is 70.4 cm³/mol. The molecule has 18 heavy (non-hydrogen) atoms. The van der Waals surface area contributed by atoms with Crippen LogP contribution in [0.1, 0.15) is 33.1 Å². The van der Waals surface area contributed by atoms with E-state index in [1.807, 2.05) is 13.8 Å². The number of alkyl halides is 1. The minimum Gasteiger partial charge on any atom is -0.317 e. The maximum atomic E-state index is 13.5. The Hall–Kier alpha value is -0.230. The van der Waals surface area contributed by atoms with E-state index in [2.05, 4.69) is 15.1 Å². The van der Waals surface area contributed by atoms with Gasteiger partial charge in [0.2, 0.25) is 0 Å². The van der Waals surface area contributed by atoms with Gasteiger partial charge in [-0.1, -0.05) is 13.8 Å². The number of likely N-dealkylation sites (tertiary alicyclic amines) is 1. The average molecular weight is 262 g/mol. The summed E-state index contributed by atoms with van der Waals surface area (Å²) in [7, 11) is 0. The van der Waals surface area contributed by atoms with Gasteiger partial charge in [0, 0.05) is 19.6 Å². The fraction of sp³-hybridized carbons (Fsp3) is 1.00. The van der Waals surface area contributed by atoms with Crippen LogP contribution in [0.15, 0.2) is 0 Å². The molecule has 2 aliphatic heterocycles. The molecule has 2 atom stereocenters. The molecule has 0 unspecified atom stereocenters. The van der Waals surface area contributed by atoms with Gasteiger partial charge in [-0.3, -0.25) is 10.2 Å². The smallest absolute Gasteiger partial charge is 0.142 e. The highest BCUT2D eigenvalue weighted by Gasteiger charge is 2.31. The molecule has 0 bridgehead atoms. The van der Waals surface area contributed by atoms with E-state index >= 15 is 0 Å². The zero-order valence-electron chi connectivity index (χ0n) is 11.6. The van der Waals surface area contributed by atoms with Crippen LogP contribution in [0.4, 0.5) is 4.39 Å². The maximum Gasteiger partial charge on any atom is 0.142 e. The van der Waals surface area contributed by atoms with Gasteiger partial charge in [0.15, 0.2) is 0 Å². The first kappa shape index (κ1) is 15.8. The van der Waals surface area contributed by atoms with Crippen LogP contribution in [0.5, 0.6) is 0 Å². The van der Waals surface area contributed by atoms with Crippen LogP contribution in [0.3, 0.4) is 0 Å². The van der Waals surface area contributed by atoms with Crippen molar-refractivity contribution < 1.29 is 14.5 Å². The van der Waals surface area contributed by atoms with Crippen molar-refractivity contribution in [2.45, 2.75) is 45.4 Å². The lowest BCUT2D eigenvalue weighted by molar-refractivity contribution is -0.298. The second-order valence-electron chi connectivity index (χ2n) is 4.90. The van der Waals surface area contributed by atoms with Gasteiger partial charge in [0.05, 0.1) is 0 Å². The molecule has 4 nitrogen and oxygen atoms in total. The minimum absolute atomic E-state index is 0.398. The van der Waals surface area contributed by atoms with E-state index in [4.69, 9.17) is 5.26 Å². The van der Waals surface area contributed by atoms with E-state index in [9.17, 15) is 4.39 Å². The Morgan fingerprint density at radius 1 is 1.28 bits per heavy atom. The molecule has 0 aromatic rings. The Morgan fingerprint density at radius 2 is 1.94 bits per heavy atom. The fourth-order valence-corrected chi connectivity index (χ4v) is 2.66. The number of hydrogen-bond acceptors (Lipinski definition) is 4. The summed E-state index contributed by atoms with van der Waals surface area (Å²) >= 11 is 0. The molecule has 2 heterocycles. The predicted octanol–water partition coefficient (Wildman–Crippen LogP) is 1.91. The van der Waals surface area contributed by atoms with Crippen LogP contribution in [0.2, 0.25) is 0 Å². The molecule has 0 aromatic heterocycles. The van der Waals surface area contributed by atoms with Crippen molar-refractivity contribution in [2.24, 2.45) is 5.92 Å². The molecule has 0 aliphatic carbocycles. The molecule has 0 radical (unpaired) electrons. The first-order chi connectivity index (χ1) is 8.79. The highest BCUT2D eigenvalue weighted by atomic mass is 19.1. The zero-order valence-corrected chi connectivity index (χ0v) is 11.6. The van der Waals surface area contributed by atoms with Gasteiger partial charge in [0.1, 0.15) is 12.3 Å². The summed E-state index contributed by atoms with van der Waals surface area (Å²) in [5.41, 5.74) is 0. The molecule has 108 valence electrons. The van der Waals surface area contributed by atoms with E-state index in [0.717, 1.165) is 26.2 Å². The van der Waals surface area contributed by atoms with Crippen LogP contribution in [-0.2, 0) is 4.89 Å². The van der Waals surface area contributed by atoms with Crippen molar-refractivity contribution >= 4 is 0 Å². The summed E-state index contributed by atoms with van der Waals surface area (Å²) in [6.07, 6.45) is 1.29. The normalized spacial score (nSPS) is 30.7. The molecule has 0 aromatic carbocycles. The molecule has 5 heteroatoms. The molecule has 0 spiro atoms. The molecule has 0 amide bonds. The molecular formula is C13H27FN2O2. The lowest BCUT2D eigenvalue weighted by Crippen LogP contribution is -2.47. The van der Waals surface area contributed by atoms with Crippen molar-refractivity contribution in [3.8, 4) is 0 Å². The van der Waals surface area contributed by atoms with Gasteiger partial charge in [-0.15, -0.1) is 0 Å². The average Bonchev–Trinajstić information content (AvgIpc) is 2.42. The van der Waals surface area contributed by atoms with Gasteiger partial charge in [-0.25, -0.2) is 9.28 Å². The molecule has 2 rings (SSSR count). The van der Waals surface area contributed by atoms with Crippen LogP contribution in [-0.4, -0.2) is 55.2 Å². The molecule has 2 saturated heterocycles. The molecular weight excluding hydrogens is 235 g/mol. The SMILES string of the molecule is CC.OO[C@@H]1CCN(CC2CCNCC2)C[C@@H]1F. The van der Waals surface area contributed by atoms with Gasteiger partial charge in [0.25, 0.3) is 0 Å². The van der Waals surface area contributed by atoms with Crippen molar-refractivity contribution in [1.29, 1.82) is 0 Å². The van der Waals surface area contributed by atoms with Gasteiger partial charge in [-0.05, 0) is 38.3 Å². The number of piperidine rings is 2. The topological polar surface area (TPSA) is 44.7 Å². The Kier molecular flexibility index (Phi) is 7.74. The summed E-state index contributed by atoms with van der Waals surface area (Å²) in [6, 6.07) is 0. The Labute approximate surface area is 109 Å². The third-order valence-electron chi connectivity index (χ3n) is 3.68. The maximum absolute atomic E-state index is 13.5. The molecule has 2 fully saturated rings. The third kappa shape index (κ3) is 4.80. The van der Waals surface area contributed by atoms with Crippen molar-refractivity contribution in [1.82, 2.24) is 10.2 Å². The monoisotopic (exact) mass is 262 g/mol. The second kappa shape index (κ2) is 8.80. The summed E-state index contributed by atoms with van der Waals surface area (Å²) in [5.74, 6) is 0.694. The van der Waals surface area contributed by atoms with Gasteiger partial charge < -0.3 is 5.32 Å². The number of nitrogens with one attached hydrogen (secondary N) is 1. The number of rotatable bonds is 3. The van der Waals surface area contributed by atoms with E-state index in [1.165, 1.54) is 12.8 Å². The highest BCUT2D eigenvalue weighted by molar-refractivity contribution is 4.82. The standard InChI is InChI=1S/C11H21FN2O2.C2H6/c12-10-8-14(6-3-11(10)16-15)7-9-1-4-13-5-2-9;1-2/h9-11,13,15H,1-8H2;1-2H3/t10-,11+;/m0./s1. The van der Waals surface area contributed by atoms with E-state index < -0.39 is 12.3 Å². The zero-order chi connectivity index (χ0) is 13.4. The van der Waals surface area contributed by atoms with Gasteiger partial charge >= 0.3 is 0 Å². The Balaban J connectivity index is 0.000000771. The minimum atomic E-state index is -1.06. The van der Waals surface area contributed by atoms with Crippen LogP contribution in [0.25, 0.3) is 0 Å². The summed E-state index contributed by atoms with van der Waals surface area (Å²) in [6.45, 7) is 8.38. The number of hydrogen-bond donors (Lipinski definition) is 2. The van der Waals surface area contributed by atoms with Gasteiger partial charge in [-0.2, -0.15) is 0 Å². The van der Waals surface area contributed by atoms with E-state index in [-0.39, 0.29) is 0 Å². The van der Waals surface area contributed by atoms with Crippen LogP contribution < -0.4 is 5.32 Å². The first-order valence-corrected chi connectivity index (χ1v) is 7.17. The summed E-state index contributed by atoms with van der Waals surface area (Å²) in [4.78, 5) is 6.29. The lowest BCUT2D eigenvalue weighted by Gasteiger charge is -2.36. The summed E-state index contributed by atoms with van der Waals surface area (Å²) < 4.78 is 13.5. The number of halogens is 1. The lowest BCUT2D eigenvalue weighted by atomic mass is 9.96. The second-order valence-corrected chi connectivity index (χ2v) is 4.90. The molecule has 2 N–H and O–H groups in total. The van der Waals surface area contributed by atoms with E-state index in [0.29, 0.717) is 18.9 Å². The summed E-state index contributed by atoms with van der Waals surface area (Å²) in [5, 5.41) is 11.8. The fourth-order valence-electron chi connectivity index (χ4n) is 2.66.